The molecule has 1 N–H and O–H groups in total. The molecule has 0 spiro atoms. The van der Waals surface area contributed by atoms with Gasteiger partial charge < -0.3 is 5.32 Å². The Morgan fingerprint density at radius 2 is 2.00 bits per heavy atom. The van der Waals surface area contributed by atoms with Crippen molar-refractivity contribution in [2.24, 2.45) is 5.92 Å². The Labute approximate surface area is 110 Å². The van der Waals surface area contributed by atoms with E-state index in [0.29, 0.717) is 6.04 Å². The van der Waals surface area contributed by atoms with Gasteiger partial charge in [0.25, 0.3) is 0 Å². The molecule has 0 bridgehead atoms. The molecule has 1 unspecified atom stereocenters. The van der Waals surface area contributed by atoms with Crippen molar-refractivity contribution in [1.82, 2.24) is 5.32 Å². The summed E-state index contributed by atoms with van der Waals surface area (Å²) in [6.45, 7) is 1.81. The molecule has 0 amide bonds. The van der Waals surface area contributed by atoms with Crippen molar-refractivity contribution in [2.45, 2.75) is 51.5 Å². The maximum atomic E-state index is 13.6. The number of benzene rings is 1. The normalized spacial score (nSPS) is 18.8. The van der Waals surface area contributed by atoms with Crippen LogP contribution in [0.25, 0.3) is 0 Å². The molecule has 0 aromatic heterocycles. The van der Waals surface area contributed by atoms with Crippen LogP contribution in [-0.2, 0) is 0 Å². The summed E-state index contributed by atoms with van der Waals surface area (Å²) in [5.74, 6) is 0.719. The van der Waals surface area contributed by atoms with E-state index in [2.05, 4.69) is 11.4 Å². The van der Waals surface area contributed by atoms with Crippen LogP contribution in [0.1, 0.15) is 55.7 Å². The Kier molecular flexibility index (Phi) is 4.76. The second-order valence-electron chi connectivity index (χ2n) is 5.59. The highest BCUT2D eigenvalue weighted by molar-refractivity contribution is 5.25. The van der Waals surface area contributed by atoms with Crippen molar-refractivity contribution in [3.63, 3.8) is 0 Å². The van der Waals surface area contributed by atoms with E-state index >= 15 is 0 Å². The lowest BCUT2D eigenvalue weighted by molar-refractivity contribution is 0.305. The number of aryl methyl sites for hydroxylation is 1. The van der Waals surface area contributed by atoms with Crippen LogP contribution in [0.5, 0.6) is 0 Å². The minimum atomic E-state index is -0.0867. The maximum absolute atomic E-state index is 13.6. The molecule has 0 aliphatic heterocycles. The van der Waals surface area contributed by atoms with Crippen LogP contribution in [0.4, 0.5) is 4.39 Å². The highest BCUT2D eigenvalue weighted by Crippen LogP contribution is 2.32. The molecule has 1 nitrogen and oxygen atoms in total. The molecule has 1 atom stereocenters. The van der Waals surface area contributed by atoms with Gasteiger partial charge >= 0.3 is 0 Å². The van der Waals surface area contributed by atoms with E-state index in [1.54, 1.807) is 6.07 Å². The van der Waals surface area contributed by atoms with Gasteiger partial charge in [0.05, 0.1) is 0 Å². The molecule has 0 saturated heterocycles. The van der Waals surface area contributed by atoms with Gasteiger partial charge in [-0.25, -0.2) is 4.39 Å². The largest absolute Gasteiger partial charge is 0.313 e. The van der Waals surface area contributed by atoms with Crippen LogP contribution >= 0.6 is 0 Å². The lowest BCUT2D eigenvalue weighted by Crippen LogP contribution is -2.21. The molecule has 1 aliphatic rings. The van der Waals surface area contributed by atoms with E-state index in [9.17, 15) is 4.39 Å². The molecular weight excluding hydrogens is 225 g/mol. The zero-order chi connectivity index (χ0) is 13.0. The predicted octanol–water partition coefficient (Wildman–Crippen LogP) is 4.37. The smallest absolute Gasteiger partial charge is 0.126 e. The third kappa shape index (κ3) is 3.32. The highest BCUT2D eigenvalue weighted by atomic mass is 19.1. The third-order valence-corrected chi connectivity index (χ3v) is 4.24. The van der Waals surface area contributed by atoms with Crippen LogP contribution in [0.15, 0.2) is 18.2 Å². The lowest BCUT2D eigenvalue weighted by Gasteiger charge is -2.26. The number of hydrogen-bond donors (Lipinski definition) is 1. The zero-order valence-electron chi connectivity index (χ0n) is 11.5. The average molecular weight is 249 g/mol. The van der Waals surface area contributed by atoms with Crippen LogP contribution < -0.4 is 5.32 Å². The molecule has 1 saturated carbocycles. The van der Waals surface area contributed by atoms with Gasteiger partial charge in [0, 0.05) is 6.04 Å². The monoisotopic (exact) mass is 249 g/mol. The molecule has 2 rings (SSSR count). The van der Waals surface area contributed by atoms with Crippen molar-refractivity contribution in [2.75, 3.05) is 7.05 Å². The van der Waals surface area contributed by atoms with Gasteiger partial charge in [-0.3, -0.25) is 0 Å². The third-order valence-electron chi connectivity index (χ3n) is 4.24. The number of halogens is 1. The van der Waals surface area contributed by atoms with E-state index in [1.807, 2.05) is 20.0 Å². The van der Waals surface area contributed by atoms with Crippen LogP contribution in [0.2, 0.25) is 0 Å². The van der Waals surface area contributed by atoms with Gasteiger partial charge in [-0.2, -0.15) is 0 Å². The second-order valence-corrected chi connectivity index (χ2v) is 5.59. The molecule has 1 aromatic carbocycles. The topological polar surface area (TPSA) is 12.0 Å². The number of nitrogens with one attached hydrogen (secondary N) is 1. The fourth-order valence-electron chi connectivity index (χ4n) is 3.00. The molecule has 2 heteroatoms. The summed E-state index contributed by atoms with van der Waals surface area (Å²) < 4.78 is 13.6. The molecule has 0 radical (unpaired) electrons. The summed E-state index contributed by atoms with van der Waals surface area (Å²) in [5.41, 5.74) is 1.82. The average Bonchev–Trinajstić information content (AvgIpc) is 2.40. The quantitative estimate of drug-likeness (QED) is 0.835. The minimum Gasteiger partial charge on any atom is -0.313 e. The minimum absolute atomic E-state index is 0.0867. The first-order valence-electron chi connectivity index (χ1n) is 7.14. The van der Waals surface area contributed by atoms with Gasteiger partial charge in [-0.15, -0.1) is 0 Å². The van der Waals surface area contributed by atoms with E-state index in [1.165, 1.54) is 32.1 Å². The summed E-state index contributed by atoms with van der Waals surface area (Å²) in [4.78, 5) is 0. The Balaban J connectivity index is 2.04. The molecule has 100 valence electrons. The van der Waals surface area contributed by atoms with Crippen molar-refractivity contribution in [3.8, 4) is 0 Å². The lowest BCUT2D eigenvalue weighted by atomic mass is 9.83. The summed E-state index contributed by atoms with van der Waals surface area (Å²) in [7, 11) is 1.98. The fourth-order valence-corrected chi connectivity index (χ4v) is 3.00. The first kappa shape index (κ1) is 13.5. The summed E-state index contributed by atoms with van der Waals surface area (Å²) in [6.07, 6.45) is 7.94. The van der Waals surface area contributed by atoms with Crippen molar-refractivity contribution in [3.05, 3.63) is 35.1 Å². The standard InChI is InChI=1S/C16H24FN/c1-12-8-9-14(11-15(12)17)16(18-2)10-13-6-4-3-5-7-13/h8-9,11,13,16,18H,3-7,10H2,1-2H3. The van der Waals surface area contributed by atoms with Crippen LogP contribution in [-0.4, -0.2) is 7.05 Å². The molecule has 1 aliphatic carbocycles. The molecule has 1 fully saturated rings. The second kappa shape index (κ2) is 6.33. The first-order valence-corrected chi connectivity index (χ1v) is 7.14. The zero-order valence-corrected chi connectivity index (χ0v) is 11.5. The Hall–Kier alpha value is -0.890. The number of rotatable bonds is 4. The van der Waals surface area contributed by atoms with Gasteiger partial charge in [-0.1, -0.05) is 44.2 Å². The molecule has 0 heterocycles. The maximum Gasteiger partial charge on any atom is 0.126 e. The van der Waals surface area contributed by atoms with E-state index in [4.69, 9.17) is 0 Å². The Morgan fingerprint density at radius 3 is 2.61 bits per heavy atom. The Morgan fingerprint density at radius 1 is 1.28 bits per heavy atom. The predicted molar refractivity (Wildman–Crippen MR) is 74.1 cm³/mol. The van der Waals surface area contributed by atoms with E-state index in [-0.39, 0.29) is 5.82 Å². The van der Waals surface area contributed by atoms with Gasteiger partial charge in [0.15, 0.2) is 0 Å². The van der Waals surface area contributed by atoms with Gasteiger partial charge in [-0.05, 0) is 43.5 Å². The van der Waals surface area contributed by atoms with E-state index in [0.717, 1.165) is 23.5 Å². The summed E-state index contributed by atoms with van der Waals surface area (Å²) >= 11 is 0. The van der Waals surface area contributed by atoms with Crippen molar-refractivity contribution >= 4 is 0 Å². The Bertz CT molecular complexity index is 383. The van der Waals surface area contributed by atoms with Gasteiger partial charge in [0.1, 0.15) is 5.82 Å². The van der Waals surface area contributed by atoms with Crippen molar-refractivity contribution in [1.29, 1.82) is 0 Å². The van der Waals surface area contributed by atoms with E-state index < -0.39 is 0 Å². The van der Waals surface area contributed by atoms with Crippen LogP contribution in [0.3, 0.4) is 0 Å². The number of hydrogen-bond acceptors (Lipinski definition) is 1. The molecule has 1 aromatic rings. The summed E-state index contributed by atoms with van der Waals surface area (Å²) in [5, 5.41) is 3.35. The first-order chi connectivity index (χ1) is 8.70. The SMILES string of the molecule is CNC(CC1CCCCC1)c1ccc(C)c(F)c1. The molecular formula is C16H24FN. The fraction of sp³-hybridized carbons (Fsp3) is 0.625. The van der Waals surface area contributed by atoms with Crippen LogP contribution in [0, 0.1) is 18.7 Å². The molecule has 18 heavy (non-hydrogen) atoms. The van der Waals surface area contributed by atoms with Crippen molar-refractivity contribution < 1.29 is 4.39 Å². The summed E-state index contributed by atoms with van der Waals surface area (Å²) in [6, 6.07) is 5.93. The highest BCUT2D eigenvalue weighted by Gasteiger charge is 2.19. The van der Waals surface area contributed by atoms with Gasteiger partial charge in [0.2, 0.25) is 0 Å².